The number of hydrogen-bond acceptors (Lipinski definition) is 6. The highest BCUT2D eigenvalue weighted by atomic mass is 16.5. The average Bonchev–Trinajstić information content (AvgIpc) is 3.23. The predicted octanol–water partition coefficient (Wildman–Crippen LogP) is 5.98. The van der Waals surface area contributed by atoms with E-state index in [0.717, 1.165) is 35.3 Å². The van der Waals surface area contributed by atoms with Crippen molar-refractivity contribution in [3.8, 4) is 34.1 Å². The first-order valence-corrected chi connectivity index (χ1v) is 10.9. The molecule has 1 N–H and O–H groups in total. The summed E-state index contributed by atoms with van der Waals surface area (Å²) in [5, 5.41) is 9.54. The van der Waals surface area contributed by atoms with Crippen molar-refractivity contribution in [1.82, 2.24) is 9.97 Å². The summed E-state index contributed by atoms with van der Waals surface area (Å²) >= 11 is 0. The molecular formula is C26H26N2O5. The van der Waals surface area contributed by atoms with Crippen molar-refractivity contribution in [3.05, 3.63) is 60.9 Å². The van der Waals surface area contributed by atoms with Crippen LogP contribution in [0, 0.1) is 0 Å². The standard InChI is InChI=1S/C26H26N2O5/c1-17(8-6-7-11-21(29)30)32-25-23-22(18-12-14-20(31-2)15-13-18)24(19-9-4-3-5-10-19)33-26(23)28-16-27-25/h3-5,9-10,12-17H,6-8,11H2,1-2H3,(H,29,30)/t17-/m0/s1. The van der Waals surface area contributed by atoms with Crippen LogP contribution in [0.1, 0.15) is 32.6 Å². The maximum atomic E-state index is 10.7. The Hall–Kier alpha value is -3.87. The molecular weight excluding hydrogens is 420 g/mol. The Morgan fingerprint density at radius 2 is 1.79 bits per heavy atom. The summed E-state index contributed by atoms with van der Waals surface area (Å²) in [6, 6.07) is 17.6. The number of aromatic nitrogens is 2. The number of carboxylic acid groups (broad SMARTS) is 1. The van der Waals surface area contributed by atoms with Gasteiger partial charge in [0.05, 0.1) is 13.2 Å². The molecule has 170 valence electrons. The van der Waals surface area contributed by atoms with Crippen molar-refractivity contribution >= 4 is 17.1 Å². The molecule has 2 aromatic heterocycles. The van der Waals surface area contributed by atoms with Crippen LogP contribution in [0.5, 0.6) is 11.6 Å². The van der Waals surface area contributed by atoms with Gasteiger partial charge in [0, 0.05) is 17.5 Å². The Bertz CT molecular complexity index is 1220. The van der Waals surface area contributed by atoms with E-state index in [1.807, 2.05) is 61.5 Å². The molecule has 0 aliphatic rings. The predicted molar refractivity (Wildman–Crippen MR) is 125 cm³/mol. The van der Waals surface area contributed by atoms with Crippen LogP contribution in [0.15, 0.2) is 65.3 Å². The van der Waals surface area contributed by atoms with Gasteiger partial charge in [-0.25, -0.2) is 9.97 Å². The third-order valence-corrected chi connectivity index (χ3v) is 5.43. The summed E-state index contributed by atoms with van der Waals surface area (Å²) in [4.78, 5) is 19.5. The summed E-state index contributed by atoms with van der Waals surface area (Å²) in [6.45, 7) is 1.96. The fourth-order valence-corrected chi connectivity index (χ4v) is 3.78. The summed E-state index contributed by atoms with van der Waals surface area (Å²) in [5.74, 6) is 1.12. The molecule has 0 aliphatic carbocycles. The summed E-state index contributed by atoms with van der Waals surface area (Å²) < 4.78 is 17.7. The van der Waals surface area contributed by atoms with Crippen LogP contribution in [0.25, 0.3) is 33.6 Å². The number of benzene rings is 2. The number of aliphatic carboxylic acids is 1. The highest BCUT2D eigenvalue weighted by molar-refractivity contribution is 6.03. The first-order chi connectivity index (χ1) is 16.1. The fourth-order valence-electron chi connectivity index (χ4n) is 3.78. The lowest BCUT2D eigenvalue weighted by molar-refractivity contribution is -0.137. The minimum Gasteiger partial charge on any atom is -0.497 e. The van der Waals surface area contributed by atoms with Gasteiger partial charge in [-0.15, -0.1) is 0 Å². The molecule has 0 saturated heterocycles. The van der Waals surface area contributed by atoms with E-state index in [9.17, 15) is 4.79 Å². The summed E-state index contributed by atoms with van der Waals surface area (Å²) in [6.07, 6.45) is 3.55. The van der Waals surface area contributed by atoms with Gasteiger partial charge in [0.2, 0.25) is 11.6 Å². The van der Waals surface area contributed by atoms with Crippen LogP contribution in [-0.2, 0) is 4.79 Å². The number of unbranched alkanes of at least 4 members (excludes halogenated alkanes) is 1. The lowest BCUT2D eigenvalue weighted by Gasteiger charge is -2.14. The summed E-state index contributed by atoms with van der Waals surface area (Å²) in [7, 11) is 1.63. The zero-order valence-electron chi connectivity index (χ0n) is 18.7. The van der Waals surface area contributed by atoms with Crippen molar-refractivity contribution in [1.29, 1.82) is 0 Å². The van der Waals surface area contributed by atoms with Gasteiger partial charge >= 0.3 is 5.97 Å². The molecule has 0 unspecified atom stereocenters. The van der Waals surface area contributed by atoms with E-state index in [-0.39, 0.29) is 12.5 Å². The normalized spacial score (nSPS) is 11.9. The Morgan fingerprint density at radius 1 is 1.03 bits per heavy atom. The Labute approximate surface area is 192 Å². The van der Waals surface area contributed by atoms with Crippen molar-refractivity contribution in [2.45, 2.75) is 38.7 Å². The largest absolute Gasteiger partial charge is 0.497 e. The van der Waals surface area contributed by atoms with Crippen LogP contribution >= 0.6 is 0 Å². The second-order valence-corrected chi connectivity index (χ2v) is 7.83. The average molecular weight is 447 g/mol. The number of methoxy groups -OCH3 is 1. The number of ether oxygens (including phenoxy) is 2. The van der Waals surface area contributed by atoms with Gasteiger partial charge in [-0.05, 0) is 43.9 Å². The molecule has 1 atom stereocenters. The first kappa shape index (κ1) is 22.3. The van der Waals surface area contributed by atoms with Gasteiger partial charge in [0.25, 0.3) is 0 Å². The van der Waals surface area contributed by atoms with Crippen LogP contribution in [-0.4, -0.2) is 34.3 Å². The number of hydrogen-bond donors (Lipinski definition) is 1. The minimum atomic E-state index is -0.781. The second-order valence-electron chi connectivity index (χ2n) is 7.83. The molecule has 7 nitrogen and oxygen atoms in total. The highest BCUT2D eigenvalue weighted by Crippen LogP contribution is 2.43. The lowest BCUT2D eigenvalue weighted by Crippen LogP contribution is -2.13. The van der Waals surface area contributed by atoms with E-state index < -0.39 is 5.97 Å². The maximum absolute atomic E-state index is 10.7. The molecule has 2 aromatic carbocycles. The van der Waals surface area contributed by atoms with Crippen LogP contribution in [0.2, 0.25) is 0 Å². The molecule has 0 amide bonds. The minimum absolute atomic E-state index is 0.143. The van der Waals surface area contributed by atoms with E-state index in [2.05, 4.69) is 9.97 Å². The van der Waals surface area contributed by atoms with Crippen molar-refractivity contribution in [3.63, 3.8) is 0 Å². The molecule has 0 spiro atoms. The van der Waals surface area contributed by atoms with Crippen LogP contribution in [0.3, 0.4) is 0 Å². The number of rotatable bonds is 10. The molecule has 0 radical (unpaired) electrons. The molecule has 0 saturated carbocycles. The lowest BCUT2D eigenvalue weighted by atomic mass is 9.99. The number of carbonyl (C=O) groups is 1. The quantitative estimate of drug-likeness (QED) is 0.300. The smallest absolute Gasteiger partial charge is 0.303 e. The fraction of sp³-hybridized carbons (Fsp3) is 0.269. The Morgan fingerprint density at radius 3 is 2.48 bits per heavy atom. The van der Waals surface area contributed by atoms with Gasteiger partial charge < -0.3 is 19.0 Å². The van der Waals surface area contributed by atoms with Crippen molar-refractivity contribution in [2.24, 2.45) is 0 Å². The van der Waals surface area contributed by atoms with Gasteiger partial charge in [-0.2, -0.15) is 0 Å². The molecule has 4 rings (SSSR count). The first-order valence-electron chi connectivity index (χ1n) is 10.9. The molecule has 4 aromatic rings. The van der Waals surface area contributed by atoms with Gasteiger partial charge in [-0.3, -0.25) is 4.79 Å². The summed E-state index contributed by atoms with van der Waals surface area (Å²) in [5.41, 5.74) is 3.16. The SMILES string of the molecule is COc1ccc(-c2c(-c3ccccc3)oc3ncnc(O[C@@H](C)CCCCC(=O)O)c23)cc1. The van der Waals surface area contributed by atoms with E-state index in [1.54, 1.807) is 7.11 Å². The molecule has 7 heteroatoms. The van der Waals surface area contributed by atoms with Gasteiger partial charge in [0.1, 0.15) is 23.2 Å². The van der Waals surface area contributed by atoms with Crippen LogP contribution in [0.4, 0.5) is 0 Å². The molecule has 33 heavy (non-hydrogen) atoms. The Kier molecular flexibility index (Phi) is 6.88. The van der Waals surface area contributed by atoms with Crippen molar-refractivity contribution in [2.75, 3.05) is 7.11 Å². The highest BCUT2D eigenvalue weighted by Gasteiger charge is 2.23. The zero-order valence-corrected chi connectivity index (χ0v) is 18.7. The number of fused-ring (bicyclic) bond motifs is 1. The maximum Gasteiger partial charge on any atom is 0.303 e. The third kappa shape index (κ3) is 5.14. The second kappa shape index (κ2) is 10.2. The molecule has 0 aliphatic heterocycles. The van der Waals surface area contributed by atoms with Crippen molar-refractivity contribution < 1.29 is 23.8 Å². The molecule has 0 fully saturated rings. The molecule has 0 bridgehead atoms. The third-order valence-electron chi connectivity index (χ3n) is 5.43. The van der Waals surface area contributed by atoms with E-state index in [0.29, 0.717) is 29.2 Å². The van der Waals surface area contributed by atoms with Crippen LogP contribution < -0.4 is 9.47 Å². The monoisotopic (exact) mass is 446 g/mol. The van der Waals surface area contributed by atoms with E-state index >= 15 is 0 Å². The van der Waals surface area contributed by atoms with Gasteiger partial charge in [-0.1, -0.05) is 42.5 Å². The number of carboxylic acids is 1. The number of nitrogens with zero attached hydrogens (tertiary/aromatic N) is 2. The van der Waals surface area contributed by atoms with E-state index in [1.165, 1.54) is 6.33 Å². The Balaban J connectivity index is 1.74. The van der Waals surface area contributed by atoms with Gasteiger partial charge in [0.15, 0.2) is 0 Å². The molecule has 2 heterocycles. The zero-order chi connectivity index (χ0) is 23.2. The van der Waals surface area contributed by atoms with E-state index in [4.69, 9.17) is 19.0 Å². The number of furan rings is 1. The topological polar surface area (TPSA) is 94.7 Å².